The van der Waals surface area contributed by atoms with Gasteiger partial charge in [0.2, 0.25) is 5.75 Å². The van der Waals surface area contributed by atoms with Crippen LogP contribution in [0.2, 0.25) is 0 Å². The van der Waals surface area contributed by atoms with E-state index in [-0.39, 0.29) is 29.4 Å². The zero-order valence-corrected chi connectivity index (χ0v) is 20.5. The summed E-state index contributed by atoms with van der Waals surface area (Å²) < 4.78 is 22.2. The first kappa shape index (κ1) is 23.9. The van der Waals surface area contributed by atoms with E-state index in [1.54, 1.807) is 21.3 Å². The molecule has 1 aromatic rings. The summed E-state index contributed by atoms with van der Waals surface area (Å²) in [6.07, 6.45) is 1.46. The van der Waals surface area contributed by atoms with E-state index >= 15 is 0 Å². The summed E-state index contributed by atoms with van der Waals surface area (Å²) in [7, 11) is 4.84. The molecule has 0 aromatic heterocycles. The van der Waals surface area contributed by atoms with Crippen molar-refractivity contribution in [3.63, 3.8) is 0 Å². The normalized spacial score (nSPS) is 24.6. The van der Waals surface area contributed by atoms with Crippen LogP contribution in [0.1, 0.15) is 32.8 Å². The Kier molecular flexibility index (Phi) is 8.28. The first-order valence-electron chi connectivity index (χ1n) is 9.91. The number of ether oxygens (including phenoxy) is 4. The van der Waals surface area contributed by atoms with E-state index in [1.165, 1.54) is 0 Å². The third kappa shape index (κ3) is 4.68. The molecule has 2 fully saturated rings. The second-order valence-corrected chi connectivity index (χ2v) is 7.92. The average molecular weight is 519 g/mol. The van der Waals surface area contributed by atoms with E-state index in [9.17, 15) is 0 Å². The molecule has 3 atom stereocenters. The van der Waals surface area contributed by atoms with E-state index < -0.39 is 0 Å². The molecule has 1 saturated carbocycles. The van der Waals surface area contributed by atoms with Crippen LogP contribution in [0.5, 0.6) is 17.2 Å². The molecule has 7 nitrogen and oxygen atoms in total. The monoisotopic (exact) mass is 519 g/mol. The topological polar surface area (TPSA) is 73.3 Å². The molecule has 164 valence electrons. The molecular weight excluding hydrogens is 485 g/mol. The number of guanidine groups is 1. The van der Waals surface area contributed by atoms with Gasteiger partial charge in [-0.1, -0.05) is 13.8 Å². The Morgan fingerprint density at radius 2 is 1.83 bits per heavy atom. The minimum Gasteiger partial charge on any atom is -0.493 e. The number of halogens is 1. The molecule has 0 spiro atoms. The summed E-state index contributed by atoms with van der Waals surface area (Å²) in [5, 5.41) is 7.00. The molecule has 0 radical (unpaired) electrons. The van der Waals surface area contributed by atoms with Gasteiger partial charge in [0, 0.05) is 30.5 Å². The molecule has 1 aliphatic carbocycles. The maximum atomic E-state index is 5.90. The number of hydrogen-bond donors (Lipinski definition) is 2. The van der Waals surface area contributed by atoms with Gasteiger partial charge in [0.15, 0.2) is 17.5 Å². The van der Waals surface area contributed by atoms with Crippen LogP contribution in [0.15, 0.2) is 17.1 Å². The highest BCUT2D eigenvalue weighted by molar-refractivity contribution is 14.0. The fourth-order valence-electron chi connectivity index (χ4n) is 4.48. The minimum atomic E-state index is 0. The maximum absolute atomic E-state index is 5.90. The number of nitrogens with one attached hydrogen (secondary N) is 2. The van der Waals surface area contributed by atoms with Crippen LogP contribution in [0, 0.1) is 11.3 Å². The van der Waals surface area contributed by atoms with Gasteiger partial charge < -0.3 is 29.6 Å². The molecule has 29 heavy (non-hydrogen) atoms. The highest BCUT2D eigenvalue weighted by Gasteiger charge is 2.59. The van der Waals surface area contributed by atoms with E-state index in [1.807, 2.05) is 12.1 Å². The lowest BCUT2D eigenvalue weighted by Gasteiger charge is -2.54. The highest BCUT2D eigenvalue weighted by Crippen LogP contribution is 2.52. The summed E-state index contributed by atoms with van der Waals surface area (Å²) in [6.45, 7) is 8.77. The fourth-order valence-corrected chi connectivity index (χ4v) is 4.48. The van der Waals surface area contributed by atoms with Gasteiger partial charge in [0.1, 0.15) is 0 Å². The Morgan fingerprint density at radius 3 is 2.38 bits per heavy atom. The molecule has 1 aliphatic heterocycles. The third-order valence-corrected chi connectivity index (χ3v) is 5.88. The van der Waals surface area contributed by atoms with Crippen molar-refractivity contribution in [3.8, 4) is 17.2 Å². The second kappa shape index (κ2) is 10.1. The van der Waals surface area contributed by atoms with Gasteiger partial charge in [0.25, 0.3) is 0 Å². The first-order valence-corrected chi connectivity index (χ1v) is 9.91. The molecule has 3 rings (SSSR count). The van der Waals surface area contributed by atoms with Crippen molar-refractivity contribution < 1.29 is 18.9 Å². The Balaban J connectivity index is 0.00000300. The largest absolute Gasteiger partial charge is 0.493 e. The first-order chi connectivity index (χ1) is 13.5. The number of benzene rings is 1. The minimum absolute atomic E-state index is 0. The lowest BCUT2D eigenvalue weighted by Crippen LogP contribution is -2.67. The molecule has 1 heterocycles. The van der Waals surface area contributed by atoms with E-state index in [4.69, 9.17) is 23.9 Å². The van der Waals surface area contributed by atoms with Crippen molar-refractivity contribution in [3.05, 3.63) is 17.7 Å². The zero-order valence-electron chi connectivity index (χ0n) is 18.2. The molecular formula is C21H34IN3O4. The molecule has 8 heteroatoms. The zero-order chi connectivity index (χ0) is 20.3. The van der Waals surface area contributed by atoms with Crippen molar-refractivity contribution in [2.24, 2.45) is 16.3 Å². The molecule has 3 unspecified atom stereocenters. The van der Waals surface area contributed by atoms with Crippen LogP contribution in [0.4, 0.5) is 0 Å². The highest BCUT2D eigenvalue weighted by atomic mass is 127. The number of methoxy groups -OCH3 is 3. The number of rotatable bonds is 7. The molecule has 1 saturated heterocycles. The number of nitrogens with zero attached hydrogens (tertiary/aromatic N) is 1. The van der Waals surface area contributed by atoms with Gasteiger partial charge in [-0.3, -0.25) is 0 Å². The van der Waals surface area contributed by atoms with Crippen LogP contribution in [-0.2, 0) is 11.3 Å². The lowest BCUT2D eigenvalue weighted by molar-refractivity contribution is -0.106. The summed E-state index contributed by atoms with van der Waals surface area (Å²) in [4.78, 5) is 4.79. The summed E-state index contributed by atoms with van der Waals surface area (Å²) >= 11 is 0. The van der Waals surface area contributed by atoms with Gasteiger partial charge in [-0.15, -0.1) is 24.0 Å². The van der Waals surface area contributed by atoms with Gasteiger partial charge in [-0.2, -0.15) is 0 Å². The molecule has 0 bridgehead atoms. The van der Waals surface area contributed by atoms with Crippen molar-refractivity contribution in [2.75, 3.05) is 34.5 Å². The van der Waals surface area contributed by atoms with Crippen LogP contribution in [0.3, 0.4) is 0 Å². The predicted molar refractivity (Wildman–Crippen MR) is 125 cm³/mol. The Bertz CT molecular complexity index is 701. The Hall–Kier alpha value is -1.42. The second-order valence-electron chi connectivity index (χ2n) is 7.92. The van der Waals surface area contributed by atoms with Gasteiger partial charge >= 0.3 is 0 Å². The van der Waals surface area contributed by atoms with Crippen molar-refractivity contribution in [1.29, 1.82) is 0 Å². The summed E-state index contributed by atoms with van der Waals surface area (Å²) in [6, 6.07) is 4.23. The maximum Gasteiger partial charge on any atom is 0.203 e. The van der Waals surface area contributed by atoms with Crippen molar-refractivity contribution >= 4 is 29.9 Å². The van der Waals surface area contributed by atoms with Crippen LogP contribution in [-0.4, -0.2) is 52.6 Å². The Morgan fingerprint density at radius 1 is 1.17 bits per heavy atom. The van der Waals surface area contributed by atoms with E-state index in [0.29, 0.717) is 41.9 Å². The number of aliphatic imine (C=N–C) groups is 1. The molecule has 0 amide bonds. The quantitative estimate of drug-likeness (QED) is 0.328. The molecule has 2 N–H and O–H groups in total. The van der Waals surface area contributed by atoms with Crippen LogP contribution >= 0.6 is 24.0 Å². The Labute approximate surface area is 190 Å². The van der Waals surface area contributed by atoms with Crippen molar-refractivity contribution in [1.82, 2.24) is 10.6 Å². The number of hydrogen-bond acceptors (Lipinski definition) is 5. The standard InChI is InChI=1S/C21H33N3O4.HI/c1-7-22-20(24-18-14-8-9-28-19(14)21(18,2)3)23-12-13-10-15(25-4)17(27-6)16(11-13)26-5;/h10-11,14,18-19H,7-9,12H2,1-6H3,(H2,22,23,24);1H. The number of fused-ring (bicyclic) bond motifs is 1. The predicted octanol–water partition coefficient (Wildman–Crippen LogP) is 3.20. The fraction of sp³-hybridized carbons (Fsp3) is 0.667. The SMILES string of the molecule is CCNC(=NCc1cc(OC)c(OC)c(OC)c1)NC1C2CCOC2C1(C)C.I. The van der Waals surface area contributed by atoms with Gasteiger partial charge in [0.05, 0.1) is 34.0 Å². The smallest absolute Gasteiger partial charge is 0.203 e. The average Bonchev–Trinajstić information content (AvgIpc) is 3.16. The van der Waals surface area contributed by atoms with Crippen LogP contribution in [0.25, 0.3) is 0 Å². The third-order valence-electron chi connectivity index (χ3n) is 5.88. The molecule has 1 aromatic carbocycles. The van der Waals surface area contributed by atoms with Crippen molar-refractivity contribution in [2.45, 2.75) is 45.9 Å². The summed E-state index contributed by atoms with van der Waals surface area (Å²) in [5.41, 5.74) is 1.09. The van der Waals surface area contributed by atoms with E-state index in [0.717, 1.165) is 31.1 Å². The van der Waals surface area contributed by atoms with Crippen LogP contribution < -0.4 is 24.8 Å². The lowest BCUT2D eigenvalue weighted by atomic mass is 9.57. The van der Waals surface area contributed by atoms with Gasteiger partial charge in [-0.25, -0.2) is 4.99 Å². The van der Waals surface area contributed by atoms with E-state index in [2.05, 4.69) is 31.4 Å². The molecule has 2 aliphatic rings. The summed E-state index contributed by atoms with van der Waals surface area (Å²) in [5.74, 6) is 3.23. The van der Waals surface area contributed by atoms with Gasteiger partial charge in [-0.05, 0) is 31.0 Å².